The Morgan fingerprint density at radius 2 is 1.95 bits per heavy atom. The minimum Gasteiger partial charge on any atom is -0.326 e. The molecule has 0 atom stereocenters. The maximum atomic E-state index is 11.7. The standard InChI is InChI=1S/C15H16N4O2S/c16-7-13(20)19-15-18-12(8-22-15)9-3-5-11(6-4-9)17-14(21)10-1-2-10/h3-6,8,10H,1-2,7,16H2,(H,17,21)(H,18,19,20). The van der Waals surface area contributed by atoms with Crippen LogP contribution in [0.25, 0.3) is 11.3 Å². The molecule has 0 aliphatic heterocycles. The van der Waals surface area contributed by atoms with Crippen LogP contribution in [0.15, 0.2) is 29.6 Å². The fourth-order valence-electron chi connectivity index (χ4n) is 1.95. The van der Waals surface area contributed by atoms with E-state index in [-0.39, 0.29) is 24.3 Å². The van der Waals surface area contributed by atoms with Crippen LogP contribution in [0.4, 0.5) is 10.8 Å². The maximum Gasteiger partial charge on any atom is 0.239 e. The molecule has 1 aliphatic carbocycles. The van der Waals surface area contributed by atoms with Gasteiger partial charge in [0, 0.05) is 22.5 Å². The molecule has 1 aromatic heterocycles. The van der Waals surface area contributed by atoms with Crippen LogP contribution in [0, 0.1) is 5.92 Å². The Hall–Kier alpha value is -2.25. The van der Waals surface area contributed by atoms with E-state index in [4.69, 9.17) is 5.73 Å². The molecule has 0 saturated heterocycles. The largest absolute Gasteiger partial charge is 0.326 e. The van der Waals surface area contributed by atoms with Gasteiger partial charge in [-0.2, -0.15) is 0 Å². The van der Waals surface area contributed by atoms with Crippen LogP contribution in [-0.4, -0.2) is 23.3 Å². The molecule has 114 valence electrons. The van der Waals surface area contributed by atoms with Crippen molar-refractivity contribution >= 4 is 34.0 Å². The highest BCUT2D eigenvalue weighted by molar-refractivity contribution is 7.14. The summed E-state index contributed by atoms with van der Waals surface area (Å²) in [6.45, 7) is -0.0652. The van der Waals surface area contributed by atoms with E-state index in [1.165, 1.54) is 11.3 Å². The summed E-state index contributed by atoms with van der Waals surface area (Å²) >= 11 is 1.35. The second-order valence-corrected chi connectivity index (χ2v) is 5.99. The average molecular weight is 316 g/mol. The molecule has 3 rings (SSSR count). The summed E-state index contributed by atoms with van der Waals surface area (Å²) in [5.74, 6) is 0.0131. The minimum atomic E-state index is -0.265. The molecule has 4 N–H and O–H groups in total. The lowest BCUT2D eigenvalue weighted by molar-refractivity contribution is -0.117. The fraction of sp³-hybridized carbons (Fsp3) is 0.267. The highest BCUT2D eigenvalue weighted by Crippen LogP contribution is 2.31. The molecule has 1 heterocycles. The number of aromatic nitrogens is 1. The molecule has 22 heavy (non-hydrogen) atoms. The normalized spacial score (nSPS) is 13.7. The van der Waals surface area contributed by atoms with Gasteiger partial charge < -0.3 is 16.4 Å². The molecule has 2 amide bonds. The summed E-state index contributed by atoms with van der Waals surface area (Å²) < 4.78 is 0. The second kappa shape index (κ2) is 6.25. The number of rotatable bonds is 5. The molecule has 2 aromatic rings. The Balaban J connectivity index is 1.67. The van der Waals surface area contributed by atoms with Gasteiger partial charge in [-0.05, 0) is 25.0 Å². The third-order valence-electron chi connectivity index (χ3n) is 3.33. The Labute approximate surface area is 131 Å². The first-order valence-electron chi connectivity index (χ1n) is 7.02. The number of carbonyl (C=O) groups is 2. The van der Waals surface area contributed by atoms with Crippen molar-refractivity contribution in [2.24, 2.45) is 11.7 Å². The lowest BCUT2D eigenvalue weighted by Crippen LogP contribution is -2.21. The first-order chi connectivity index (χ1) is 10.7. The number of hydrogen-bond donors (Lipinski definition) is 3. The molecule has 1 saturated carbocycles. The van der Waals surface area contributed by atoms with Gasteiger partial charge in [0.15, 0.2) is 5.13 Å². The van der Waals surface area contributed by atoms with E-state index >= 15 is 0 Å². The van der Waals surface area contributed by atoms with Gasteiger partial charge in [0.05, 0.1) is 12.2 Å². The van der Waals surface area contributed by atoms with E-state index in [0.29, 0.717) is 5.13 Å². The SMILES string of the molecule is NCC(=O)Nc1nc(-c2ccc(NC(=O)C3CC3)cc2)cs1. The molecule has 0 radical (unpaired) electrons. The monoisotopic (exact) mass is 316 g/mol. The van der Waals surface area contributed by atoms with Crippen molar-refractivity contribution < 1.29 is 9.59 Å². The number of anilines is 2. The van der Waals surface area contributed by atoms with Gasteiger partial charge in [-0.3, -0.25) is 9.59 Å². The predicted molar refractivity (Wildman–Crippen MR) is 86.6 cm³/mol. The number of amides is 2. The van der Waals surface area contributed by atoms with Gasteiger partial charge in [-0.1, -0.05) is 12.1 Å². The van der Waals surface area contributed by atoms with Gasteiger partial charge in [0.1, 0.15) is 0 Å². The minimum absolute atomic E-state index is 0.0652. The van der Waals surface area contributed by atoms with Crippen molar-refractivity contribution in [2.75, 3.05) is 17.2 Å². The zero-order chi connectivity index (χ0) is 15.5. The van der Waals surface area contributed by atoms with Crippen molar-refractivity contribution in [1.29, 1.82) is 0 Å². The van der Waals surface area contributed by atoms with Gasteiger partial charge in [-0.25, -0.2) is 4.98 Å². The number of hydrogen-bond acceptors (Lipinski definition) is 5. The number of carbonyl (C=O) groups excluding carboxylic acids is 2. The lowest BCUT2D eigenvalue weighted by atomic mass is 10.1. The smallest absolute Gasteiger partial charge is 0.239 e. The summed E-state index contributed by atoms with van der Waals surface area (Å²) in [4.78, 5) is 27.3. The van der Waals surface area contributed by atoms with E-state index in [1.54, 1.807) is 0 Å². The molecule has 1 aliphatic rings. The van der Waals surface area contributed by atoms with Crippen molar-refractivity contribution in [3.8, 4) is 11.3 Å². The molecule has 7 heteroatoms. The van der Waals surface area contributed by atoms with E-state index < -0.39 is 0 Å². The van der Waals surface area contributed by atoms with Crippen LogP contribution in [0.3, 0.4) is 0 Å². The zero-order valence-corrected chi connectivity index (χ0v) is 12.7. The van der Waals surface area contributed by atoms with Crippen LogP contribution in [-0.2, 0) is 9.59 Å². The predicted octanol–water partition coefficient (Wildman–Crippen LogP) is 2.06. The molecule has 0 bridgehead atoms. The third kappa shape index (κ3) is 3.49. The average Bonchev–Trinajstić information content (AvgIpc) is 3.28. The first-order valence-corrected chi connectivity index (χ1v) is 7.90. The van der Waals surface area contributed by atoms with Crippen LogP contribution < -0.4 is 16.4 Å². The van der Waals surface area contributed by atoms with Gasteiger partial charge in [0.2, 0.25) is 11.8 Å². The molecule has 1 fully saturated rings. The quantitative estimate of drug-likeness (QED) is 0.786. The van der Waals surface area contributed by atoms with E-state index in [9.17, 15) is 9.59 Å². The number of thiazole rings is 1. The lowest BCUT2D eigenvalue weighted by Gasteiger charge is -2.04. The van der Waals surface area contributed by atoms with Crippen molar-refractivity contribution in [2.45, 2.75) is 12.8 Å². The zero-order valence-electron chi connectivity index (χ0n) is 11.8. The molecule has 0 unspecified atom stereocenters. The summed E-state index contributed by atoms with van der Waals surface area (Å²) in [6.07, 6.45) is 1.97. The Morgan fingerprint density at radius 1 is 1.23 bits per heavy atom. The summed E-state index contributed by atoms with van der Waals surface area (Å²) in [5.41, 5.74) is 7.74. The molecule has 1 aromatic carbocycles. The van der Waals surface area contributed by atoms with Crippen LogP contribution in [0.1, 0.15) is 12.8 Å². The fourth-order valence-corrected chi connectivity index (χ4v) is 2.68. The second-order valence-electron chi connectivity index (χ2n) is 5.13. The Morgan fingerprint density at radius 3 is 2.59 bits per heavy atom. The maximum absolute atomic E-state index is 11.7. The molecular weight excluding hydrogens is 300 g/mol. The highest BCUT2D eigenvalue weighted by atomic mass is 32.1. The van der Waals surface area contributed by atoms with Crippen molar-refractivity contribution in [3.63, 3.8) is 0 Å². The van der Waals surface area contributed by atoms with E-state index in [1.807, 2.05) is 29.6 Å². The molecule has 0 spiro atoms. The van der Waals surface area contributed by atoms with Gasteiger partial charge in [-0.15, -0.1) is 11.3 Å². The Bertz CT molecular complexity index is 692. The number of nitrogens with one attached hydrogen (secondary N) is 2. The number of nitrogens with zero attached hydrogens (tertiary/aromatic N) is 1. The van der Waals surface area contributed by atoms with E-state index in [0.717, 1.165) is 29.8 Å². The van der Waals surface area contributed by atoms with E-state index in [2.05, 4.69) is 15.6 Å². The Kier molecular flexibility index (Phi) is 4.17. The van der Waals surface area contributed by atoms with Crippen LogP contribution in [0.2, 0.25) is 0 Å². The van der Waals surface area contributed by atoms with Gasteiger partial charge >= 0.3 is 0 Å². The third-order valence-corrected chi connectivity index (χ3v) is 4.09. The number of nitrogens with two attached hydrogens (primary N) is 1. The van der Waals surface area contributed by atoms with Gasteiger partial charge in [0.25, 0.3) is 0 Å². The molecular formula is C15H16N4O2S. The summed E-state index contributed by atoms with van der Waals surface area (Å²) in [5, 5.41) is 7.91. The first kappa shape index (κ1) is 14.7. The summed E-state index contributed by atoms with van der Waals surface area (Å²) in [7, 11) is 0. The van der Waals surface area contributed by atoms with Crippen LogP contribution >= 0.6 is 11.3 Å². The highest BCUT2D eigenvalue weighted by Gasteiger charge is 2.29. The van der Waals surface area contributed by atoms with Crippen molar-refractivity contribution in [3.05, 3.63) is 29.6 Å². The number of benzene rings is 1. The topological polar surface area (TPSA) is 97.1 Å². The van der Waals surface area contributed by atoms with Crippen molar-refractivity contribution in [1.82, 2.24) is 4.98 Å². The summed E-state index contributed by atoms with van der Waals surface area (Å²) in [6, 6.07) is 7.50. The van der Waals surface area contributed by atoms with Crippen LogP contribution in [0.5, 0.6) is 0 Å². The molecule has 6 nitrogen and oxygen atoms in total.